The highest BCUT2D eigenvalue weighted by Gasteiger charge is 2.28. The molecular weight excluding hydrogens is 339 g/mol. The fourth-order valence-corrected chi connectivity index (χ4v) is 2.31. The van der Waals surface area contributed by atoms with Crippen LogP contribution in [0.15, 0.2) is 30.5 Å². The summed E-state index contributed by atoms with van der Waals surface area (Å²) in [7, 11) is 0. The minimum absolute atomic E-state index is 0. The third kappa shape index (κ3) is 3.70. The first-order chi connectivity index (χ1) is 11.9. The van der Waals surface area contributed by atoms with Gasteiger partial charge in [0.2, 0.25) is 5.91 Å². The molecule has 0 saturated heterocycles. The summed E-state index contributed by atoms with van der Waals surface area (Å²) >= 11 is 0. The van der Waals surface area contributed by atoms with Crippen molar-refractivity contribution in [1.29, 1.82) is 0 Å². The standard InChI is InChI=1S/C16H12F3N3O3.H2/c17-9-4-12(19)13(20-5-9)6-21-15(23)8-22-7-10-11(18)2-1-3-14(10)25-16(22)24;/h1-5H,6-8H2,(H,21,23);1H. The van der Waals surface area contributed by atoms with Crippen LogP contribution < -0.4 is 10.1 Å². The van der Waals surface area contributed by atoms with Gasteiger partial charge in [0.15, 0.2) is 0 Å². The van der Waals surface area contributed by atoms with Gasteiger partial charge in [0.25, 0.3) is 0 Å². The quantitative estimate of drug-likeness (QED) is 0.916. The number of hydrogen-bond donors (Lipinski definition) is 1. The highest BCUT2D eigenvalue weighted by molar-refractivity contribution is 5.83. The molecule has 1 aromatic carbocycles. The summed E-state index contributed by atoms with van der Waals surface area (Å²) in [4.78, 5) is 28.3. The fraction of sp³-hybridized carbons (Fsp3) is 0.188. The minimum atomic E-state index is -0.895. The van der Waals surface area contributed by atoms with Crippen LogP contribution in [0.3, 0.4) is 0 Å². The predicted molar refractivity (Wildman–Crippen MR) is 80.9 cm³/mol. The number of amides is 2. The zero-order valence-corrected chi connectivity index (χ0v) is 12.8. The first-order valence-corrected chi connectivity index (χ1v) is 7.25. The molecule has 132 valence electrons. The Kier molecular flexibility index (Phi) is 4.55. The number of carbonyl (C=O) groups is 2. The summed E-state index contributed by atoms with van der Waals surface area (Å²) in [6, 6.07) is 4.74. The Morgan fingerprint density at radius 2 is 2.12 bits per heavy atom. The highest BCUT2D eigenvalue weighted by Crippen LogP contribution is 2.27. The van der Waals surface area contributed by atoms with E-state index in [2.05, 4.69) is 10.3 Å². The van der Waals surface area contributed by atoms with Gasteiger partial charge in [-0.1, -0.05) is 6.07 Å². The molecule has 1 aliphatic heterocycles. The zero-order chi connectivity index (χ0) is 18.0. The normalized spacial score (nSPS) is 13.2. The molecule has 9 heteroatoms. The number of nitrogens with zero attached hydrogens (tertiary/aromatic N) is 2. The topological polar surface area (TPSA) is 71.5 Å². The number of ether oxygens (including phenoxy) is 1. The van der Waals surface area contributed by atoms with Crippen LogP contribution in [0, 0.1) is 17.5 Å². The summed E-state index contributed by atoms with van der Waals surface area (Å²) in [5.74, 6) is -2.78. The minimum Gasteiger partial charge on any atom is -0.410 e. The van der Waals surface area contributed by atoms with Crippen molar-refractivity contribution in [1.82, 2.24) is 15.2 Å². The SMILES string of the molecule is O=C(CN1Cc2c(F)cccc2OC1=O)NCc1ncc(F)cc1F.[HH]. The number of nitrogens with one attached hydrogen (secondary N) is 1. The van der Waals surface area contributed by atoms with Gasteiger partial charge in [-0.2, -0.15) is 0 Å². The first kappa shape index (κ1) is 16.7. The van der Waals surface area contributed by atoms with E-state index in [0.717, 1.165) is 11.1 Å². The van der Waals surface area contributed by atoms with E-state index >= 15 is 0 Å². The lowest BCUT2D eigenvalue weighted by atomic mass is 10.1. The third-order valence-electron chi connectivity index (χ3n) is 3.55. The second kappa shape index (κ2) is 6.80. The van der Waals surface area contributed by atoms with Crippen LogP contribution in [0.5, 0.6) is 5.75 Å². The number of halogens is 3. The van der Waals surface area contributed by atoms with E-state index in [4.69, 9.17) is 4.74 Å². The number of benzene rings is 1. The van der Waals surface area contributed by atoms with E-state index in [9.17, 15) is 22.8 Å². The summed E-state index contributed by atoms with van der Waals surface area (Å²) in [6.45, 7) is -0.814. The van der Waals surface area contributed by atoms with Crippen LogP contribution in [-0.4, -0.2) is 28.4 Å². The van der Waals surface area contributed by atoms with Crippen LogP contribution in [0.2, 0.25) is 0 Å². The Balaban J connectivity index is 0.00000243. The number of carbonyl (C=O) groups excluding carboxylic acids is 2. The van der Waals surface area contributed by atoms with Gasteiger partial charge in [0.05, 0.1) is 30.5 Å². The molecule has 0 unspecified atom stereocenters. The molecule has 25 heavy (non-hydrogen) atoms. The van der Waals surface area contributed by atoms with Gasteiger partial charge in [-0.25, -0.2) is 18.0 Å². The van der Waals surface area contributed by atoms with Gasteiger partial charge in [-0.05, 0) is 12.1 Å². The summed E-state index contributed by atoms with van der Waals surface area (Å²) < 4.78 is 45.0. The highest BCUT2D eigenvalue weighted by atomic mass is 19.1. The maximum Gasteiger partial charge on any atom is 0.416 e. The van der Waals surface area contributed by atoms with Crippen molar-refractivity contribution in [2.24, 2.45) is 0 Å². The van der Waals surface area contributed by atoms with Gasteiger partial charge in [0.1, 0.15) is 29.7 Å². The molecule has 0 spiro atoms. The van der Waals surface area contributed by atoms with Crippen LogP contribution in [0.25, 0.3) is 0 Å². The molecule has 2 amide bonds. The molecule has 0 atom stereocenters. The van der Waals surface area contributed by atoms with Crippen LogP contribution in [0.1, 0.15) is 12.7 Å². The summed E-state index contributed by atoms with van der Waals surface area (Å²) in [6.07, 6.45) is 0.0334. The molecule has 0 radical (unpaired) electrons. The van der Waals surface area contributed by atoms with Crippen molar-refractivity contribution in [3.05, 3.63) is 59.2 Å². The van der Waals surface area contributed by atoms with Crippen molar-refractivity contribution in [2.75, 3.05) is 6.54 Å². The number of fused-ring (bicyclic) bond motifs is 1. The second-order valence-corrected chi connectivity index (χ2v) is 5.30. The Labute approximate surface area is 141 Å². The van der Waals surface area contributed by atoms with E-state index in [1.165, 1.54) is 18.2 Å². The van der Waals surface area contributed by atoms with E-state index in [1.807, 2.05) is 0 Å². The van der Waals surface area contributed by atoms with E-state index in [1.54, 1.807) is 0 Å². The summed E-state index contributed by atoms with van der Waals surface area (Å²) in [5.41, 5.74) is 0.0218. The van der Waals surface area contributed by atoms with Crippen LogP contribution in [0.4, 0.5) is 18.0 Å². The molecule has 2 heterocycles. The summed E-state index contributed by atoms with van der Waals surface area (Å²) in [5, 5.41) is 2.36. The third-order valence-corrected chi connectivity index (χ3v) is 3.55. The maximum atomic E-state index is 13.8. The average molecular weight is 353 g/mol. The van der Waals surface area contributed by atoms with Crippen molar-refractivity contribution in [3.63, 3.8) is 0 Å². The maximum absolute atomic E-state index is 13.8. The number of hydrogen-bond acceptors (Lipinski definition) is 4. The largest absolute Gasteiger partial charge is 0.416 e. The van der Waals surface area contributed by atoms with Crippen molar-refractivity contribution in [2.45, 2.75) is 13.1 Å². The Morgan fingerprint density at radius 1 is 1.32 bits per heavy atom. The molecule has 1 aromatic heterocycles. The lowest BCUT2D eigenvalue weighted by Crippen LogP contribution is -2.44. The van der Waals surface area contributed by atoms with E-state index in [0.29, 0.717) is 6.07 Å². The molecule has 1 N–H and O–H groups in total. The first-order valence-electron chi connectivity index (χ1n) is 7.25. The molecule has 6 nitrogen and oxygen atoms in total. The van der Waals surface area contributed by atoms with Gasteiger partial charge in [-0.3, -0.25) is 14.7 Å². The van der Waals surface area contributed by atoms with Crippen molar-refractivity contribution in [3.8, 4) is 5.75 Å². The smallest absolute Gasteiger partial charge is 0.410 e. The molecule has 0 fully saturated rings. The molecular formula is C16H14F3N3O3. The predicted octanol–water partition coefficient (Wildman–Crippen LogP) is 2.38. The monoisotopic (exact) mass is 353 g/mol. The van der Waals surface area contributed by atoms with E-state index < -0.39 is 36.0 Å². The molecule has 1 aliphatic rings. The molecule has 0 aliphatic carbocycles. The van der Waals surface area contributed by atoms with Crippen LogP contribution in [-0.2, 0) is 17.9 Å². The van der Waals surface area contributed by atoms with Gasteiger partial charge in [-0.15, -0.1) is 0 Å². The molecule has 0 saturated carbocycles. The molecule has 2 aromatic rings. The second-order valence-electron chi connectivity index (χ2n) is 5.30. The lowest BCUT2D eigenvalue weighted by molar-refractivity contribution is -0.122. The average Bonchev–Trinajstić information content (AvgIpc) is 2.55. The number of rotatable bonds is 4. The number of aromatic nitrogens is 1. The molecule has 0 bridgehead atoms. The van der Waals surface area contributed by atoms with Crippen molar-refractivity contribution < 1.29 is 28.9 Å². The fourth-order valence-electron chi connectivity index (χ4n) is 2.31. The zero-order valence-electron chi connectivity index (χ0n) is 12.8. The Hall–Kier alpha value is -3.10. The van der Waals surface area contributed by atoms with Gasteiger partial charge >= 0.3 is 6.09 Å². The van der Waals surface area contributed by atoms with Gasteiger partial charge < -0.3 is 10.1 Å². The van der Waals surface area contributed by atoms with E-state index in [-0.39, 0.29) is 31.5 Å². The van der Waals surface area contributed by atoms with Gasteiger partial charge in [0, 0.05) is 7.49 Å². The van der Waals surface area contributed by atoms with Crippen LogP contribution >= 0.6 is 0 Å². The Morgan fingerprint density at radius 3 is 2.88 bits per heavy atom. The van der Waals surface area contributed by atoms with Crippen molar-refractivity contribution >= 4 is 12.0 Å². The Bertz CT molecular complexity index is 851. The number of pyridine rings is 1. The molecule has 3 rings (SSSR count). The lowest BCUT2D eigenvalue weighted by Gasteiger charge is -2.27.